The third-order valence-corrected chi connectivity index (χ3v) is 26.2. The molecule has 0 aliphatic heterocycles. The monoisotopic (exact) mass is 1760 g/mol. The Labute approximate surface area is 770 Å². The van der Waals surface area contributed by atoms with Crippen molar-refractivity contribution in [1.82, 2.24) is 98.0 Å². The van der Waals surface area contributed by atoms with Gasteiger partial charge in [0.1, 0.15) is 51.7 Å². The molecule has 656 valence electrons. The number of anilines is 4. The molecule has 5 aromatic carbocycles. The van der Waals surface area contributed by atoms with Crippen LogP contribution < -0.4 is 45.9 Å². The number of nitrogens with zero attached hydrogens (tertiary/aromatic N) is 21. The molecule has 24 rings (SSSR count). The highest BCUT2D eigenvalue weighted by Gasteiger charge is 2.38. The molecule has 29 heteroatoms. The lowest BCUT2D eigenvalue weighted by atomic mass is 9.73. The Kier molecular flexibility index (Phi) is 21.8. The second-order valence-corrected chi connectivity index (χ2v) is 34.5. The van der Waals surface area contributed by atoms with Gasteiger partial charge in [0, 0.05) is 117 Å². The van der Waals surface area contributed by atoms with Gasteiger partial charge in [0.15, 0.2) is 45.9 Å². The highest BCUT2D eigenvalue weighted by atomic mass is 15.2. The molecule has 0 radical (unpaired) electrons. The first-order valence-corrected chi connectivity index (χ1v) is 44.5. The number of nitriles is 1. The molecule has 4 aliphatic rings. The Morgan fingerprint density at radius 2 is 0.590 bits per heavy atom. The summed E-state index contributed by atoms with van der Waals surface area (Å²) >= 11 is 0. The van der Waals surface area contributed by atoms with E-state index in [1.165, 1.54) is 25.6 Å². The maximum atomic E-state index is 9.32. The van der Waals surface area contributed by atoms with Gasteiger partial charge in [0.2, 0.25) is 0 Å². The number of aromatic nitrogens is 20. The minimum absolute atomic E-state index is 0.209. The van der Waals surface area contributed by atoms with Gasteiger partial charge in [-0.05, 0) is 281 Å². The number of fused-ring (bicyclic) bond motifs is 4. The molecule has 4 fully saturated rings. The Bertz CT molecular complexity index is 7270. The Balaban J connectivity index is 0.000000107. The van der Waals surface area contributed by atoms with Crippen LogP contribution in [0.1, 0.15) is 105 Å². The minimum Gasteiger partial charge on any atom is -0.383 e. The summed E-state index contributed by atoms with van der Waals surface area (Å²) in [5.74, 6) is 4.41. The molecule has 0 atom stereocenters. The fourth-order valence-electron chi connectivity index (χ4n) is 18.0. The van der Waals surface area contributed by atoms with Crippen molar-refractivity contribution in [3.05, 3.63) is 339 Å². The molecule has 15 heterocycles. The molecule has 0 saturated heterocycles. The van der Waals surface area contributed by atoms with Gasteiger partial charge in [-0.3, -0.25) is 28.2 Å². The Hall–Kier alpha value is -16.9. The Morgan fingerprint density at radius 1 is 0.269 bits per heavy atom. The van der Waals surface area contributed by atoms with Gasteiger partial charge in [0.25, 0.3) is 0 Å². The number of rotatable bonds is 16. The SMILES string of the molecule is N#Cc1cccc(-c2ccc3nc(-c4cccnc4N)n(-c4ccc(C5(N)CCC5)cc4)c3n2)c1.Nc1ncccc1-c1nc2ccc(-c3ccccn3)nc2n1-c1ccc(C2(N)CCC2)cc1.Nc1ncccc1-c1nc2ccc(-c3ccncc3)nc2n1-c1ccc(C2(N)CCC2)cc1.Nc1ncccc1-c1nc2ccc(-c3cncnc3)nc2n1-c1ccc(C2(N)CCC2)cc1. The van der Waals surface area contributed by atoms with Gasteiger partial charge >= 0.3 is 0 Å². The molecule has 4 aliphatic carbocycles. The molecule has 4 saturated carbocycles. The van der Waals surface area contributed by atoms with Gasteiger partial charge < -0.3 is 45.9 Å². The number of hydrogen-bond donors (Lipinski definition) is 8. The molecule has 29 nitrogen and oxygen atoms in total. The van der Waals surface area contributed by atoms with E-state index in [1.807, 2.05) is 164 Å². The molecule has 15 aromatic heterocycles. The Morgan fingerprint density at radius 3 is 0.903 bits per heavy atom. The van der Waals surface area contributed by atoms with Crippen molar-refractivity contribution in [1.29, 1.82) is 5.26 Å². The first kappa shape index (κ1) is 84.0. The first-order valence-electron chi connectivity index (χ1n) is 44.5. The van der Waals surface area contributed by atoms with E-state index in [0.717, 1.165) is 204 Å². The zero-order valence-electron chi connectivity index (χ0n) is 72.9. The summed E-state index contributed by atoms with van der Waals surface area (Å²) in [6.07, 6.45) is 29.8. The molecule has 0 spiro atoms. The summed E-state index contributed by atoms with van der Waals surface area (Å²) in [4.78, 5) is 73.3. The topological polar surface area (TPSA) is 458 Å². The number of benzene rings is 5. The molecular weight excluding hydrogens is 1670 g/mol. The van der Waals surface area contributed by atoms with Crippen molar-refractivity contribution in [2.24, 2.45) is 22.9 Å². The quantitative estimate of drug-likeness (QED) is 0.0445. The van der Waals surface area contributed by atoms with E-state index in [9.17, 15) is 5.26 Å². The number of nitrogen functional groups attached to an aromatic ring is 4. The molecule has 0 unspecified atom stereocenters. The van der Waals surface area contributed by atoms with Crippen LogP contribution in [0, 0.1) is 11.3 Å². The number of hydrogen-bond acceptors (Lipinski definition) is 25. The second kappa shape index (κ2) is 34.8. The molecule has 134 heavy (non-hydrogen) atoms. The lowest BCUT2D eigenvalue weighted by Gasteiger charge is -2.38. The van der Waals surface area contributed by atoms with Crippen LogP contribution in [0.2, 0.25) is 0 Å². The molecule has 0 bridgehead atoms. The van der Waals surface area contributed by atoms with Gasteiger partial charge in [-0.25, -0.2) is 69.8 Å². The minimum atomic E-state index is -0.233. The molecule has 16 N–H and O–H groups in total. The lowest BCUT2D eigenvalue weighted by molar-refractivity contribution is 0.253. The van der Waals surface area contributed by atoms with Crippen LogP contribution in [-0.4, -0.2) is 98.0 Å². The van der Waals surface area contributed by atoms with E-state index in [-0.39, 0.29) is 22.2 Å². The van der Waals surface area contributed by atoms with Crippen LogP contribution >= 0.6 is 0 Å². The van der Waals surface area contributed by atoms with E-state index in [0.29, 0.717) is 63.4 Å². The van der Waals surface area contributed by atoms with Crippen molar-refractivity contribution < 1.29 is 0 Å². The van der Waals surface area contributed by atoms with Crippen LogP contribution in [0.25, 0.3) is 158 Å². The van der Waals surface area contributed by atoms with Gasteiger partial charge in [0.05, 0.1) is 62.4 Å². The number of pyridine rings is 10. The van der Waals surface area contributed by atoms with Gasteiger partial charge in [-0.2, -0.15) is 5.26 Å². The summed E-state index contributed by atoms with van der Waals surface area (Å²) in [6, 6.07) is 83.5. The van der Waals surface area contributed by atoms with Gasteiger partial charge in [-0.1, -0.05) is 66.7 Å². The second-order valence-electron chi connectivity index (χ2n) is 34.5. The normalized spacial score (nSPS) is 14.7. The van der Waals surface area contributed by atoms with E-state index in [2.05, 4.69) is 143 Å². The molecular formula is C105H91N29. The standard InChI is InChI=1S/C28H23N7.2C26H23N7.C25H22N8/c29-17-18-4-1-5-19(16-18)23-11-12-24-27(33-23)35(26(34-24)22-6-2-15-32-25(22)30)21-9-7-20(8-10-21)28(31)13-3-14-28;27-23-20(3-1-14-30-23)24-32-22-9-8-21(17-10-15-29-16-11-17)31-25(22)33(24)19-6-4-18(5-7-19)26(28)12-2-13-26;27-23-19(5-3-16-30-23)24-32-22-12-11-21(20-6-1-2-15-29-20)31-25(22)33(24)18-9-7-17(8-10-18)26(28)13-4-14-26;26-22-19(3-1-12-30-22)23-32-21-9-8-20(16-13-28-15-29-14-16)31-24(21)33(23)18-6-4-17(5-7-18)25(27)10-2-11-25/h1-2,4-12,15-16H,3,13-14,31H2,(H2,30,32);1,3-11,14-16H,2,12-13,28H2,(H2,27,30);1-3,5-12,15-16H,4,13-14,28H2,(H2,27,30);1,3-9,12-15H,2,10-11,27H2,(H2,26,30). The predicted molar refractivity (Wildman–Crippen MR) is 523 cm³/mol. The number of imidazole rings is 4. The van der Waals surface area contributed by atoms with Crippen molar-refractivity contribution >= 4 is 67.9 Å². The lowest BCUT2D eigenvalue weighted by Crippen LogP contribution is -2.43. The highest BCUT2D eigenvalue weighted by molar-refractivity contribution is 5.89. The molecule has 0 amide bonds. The van der Waals surface area contributed by atoms with E-state index < -0.39 is 0 Å². The maximum Gasteiger partial charge on any atom is 0.165 e. The summed E-state index contributed by atoms with van der Waals surface area (Å²) in [7, 11) is 0. The average Bonchev–Trinajstić information content (AvgIpc) is 1.59. The zero-order chi connectivity index (χ0) is 91.2. The first-order chi connectivity index (χ1) is 65.4. The van der Waals surface area contributed by atoms with Crippen LogP contribution in [0.3, 0.4) is 0 Å². The van der Waals surface area contributed by atoms with Crippen molar-refractivity contribution in [3.63, 3.8) is 0 Å². The number of nitrogens with two attached hydrogens (primary N) is 8. The zero-order valence-corrected chi connectivity index (χ0v) is 72.9. The van der Waals surface area contributed by atoms with E-state index in [4.69, 9.17) is 85.7 Å². The summed E-state index contributed by atoms with van der Waals surface area (Å²) < 4.78 is 8.10. The van der Waals surface area contributed by atoms with Crippen LogP contribution in [-0.2, 0) is 22.2 Å². The maximum absolute atomic E-state index is 9.32. The fraction of sp³-hybridized carbons (Fsp3) is 0.152. The largest absolute Gasteiger partial charge is 0.383 e. The van der Waals surface area contributed by atoms with Crippen molar-refractivity contribution in [2.45, 2.75) is 99.2 Å². The predicted octanol–water partition coefficient (Wildman–Crippen LogP) is 17.7. The smallest absolute Gasteiger partial charge is 0.165 e. The fourth-order valence-corrected chi connectivity index (χ4v) is 18.0. The summed E-state index contributed by atoms with van der Waals surface area (Å²) in [5.41, 5.74) is 74.8. The van der Waals surface area contributed by atoms with Crippen LogP contribution in [0.15, 0.2) is 311 Å². The van der Waals surface area contributed by atoms with Crippen LogP contribution in [0.4, 0.5) is 23.3 Å². The van der Waals surface area contributed by atoms with Crippen molar-refractivity contribution in [3.8, 4) is 120 Å². The van der Waals surface area contributed by atoms with Crippen molar-refractivity contribution in [2.75, 3.05) is 22.9 Å². The summed E-state index contributed by atoms with van der Waals surface area (Å²) in [5, 5.41) is 9.32. The van der Waals surface area contributed by atoms with E-state index in [1.54, 1.807) is 61.8 Å². The average molecular weight is 1760 g/mol. The third-order valence-electron chi connectivity index (χ3n) is 26.2. The third kappa shape index (κ3) is 15.9. The highest BCUT2D eigenvalue weighted by Crippen LogP contribution is 2.45. The van der Waals surface area contributed by atoms with Crippen LogP contribution in [0.5, 0.6) is 0 Å². The van der Waals surface area contributed by atoms with E-state index >= 15 is 0 Å². The van der Waals surface area contributed by atoms with Gasteiger partial charge in [-0.15, -0.1) is 0 Å². The molecule has 20 aromatic rings. The summed E-state index contributed by atoms with van der Waals surface area (Å²) in [6.45, 7) is 0.